The minimum Gasteiger partial charge on any atom is -0.331 e. The molecule has 0 N–H and O–H groups in total. The molecule has 0 aliphatic carbocycles. The monoisotopic (exact) mass is 380 g/mol. The standard InChI is InChI=1S/C18H28N4O3S/c1-13-8-6-7-9-15(13)17-16-12-21(26(24,25)20(4)5)10-14(16)11-22(17)18(23)19(2)3/h6-9,14,16-17H,10-12H2,1-5H3/t14-,16-,17+/m1/s1. The number of hydrogen-bond donors (Lipinski definition) is 0. The maximum Gasteiger partial charge on any atom is 0.320 e. The van der Waals surface area contributed by atoms with Gasteiger partial charge >= 0.3 is 6.03 Å². The molecule has 2 saturated heterocycles. The Hall–Kier alpha value is -1.64. The summed E-state index contributed by atoms with van der Waals surface area (Å²) >= 11 is 0. The van der Waals surface area contributed by atoms with Crippen LogP contribution in [0.4, 0.5) is 4.79 Å². The molecule has 2 aliphatic heterocycles. The lowest BCUT2D eigenvalue weighted by Gasteiger charge is -2.32. The van der Waals surface area contributed by atoms with E-state index in [0.717, 1.165) is 11.1 Å². The lowest BCUT2D eigenvalue weighted by molar-refractivity contribution is 0.156. The number of urea groups is 1. The van der Waals surface area contributed by atoms with E-state index in [1.54, 1.807) is 37.4 Å². The highest BCUT2D eigenvalue weighted by molar-refractivity contribution is 7.86. The van der Waals surface area contributed by atoms with E-state index in [2.05, 4.69) is 6.07 Å². The third kappa shape index (κ3) is 3.10. The highest BCUT2D eigenvalue weighted by Gasteiger charge is 2.52. The van der Waals surface area contributed by atoms with Gasteiger partial charge in [-0.15, -0.1) is 0 Å². The van der Waals surface area contributed by atoms with Gasteiger partial charge in [0, 0.05) is 53.7 Å². The molecule has 2 heterocycles. The smallest absolute Gasteiger partial charge is 0.320 e. The summed E-state index contributed by atoms with van der Waals surface area (Å²) in [5.41, 5.74) is 2.24. The van der Waals surface area contributed by atoms with Gasteiger partial charge in [-0.1, -0.05) is 24.3 Å². The van der Waals surface area contributed by atoms with Gasteiger partial charge in [-0.25, -0.2) is 4.79 Å². The number of likely N-dealkylation sites (tertiary alicyclic amines) is 1. The molecule has 2 amide bonds. The molecule has 2 aliphatic rings. The maximum absolute atomic E-state index is 12.8. The Morgan fingerprint density at radius 3 is 2.31 bits per heavy atom. The number of carbonyl (C=O) groups excluding carboxylic acids is 1. The highest BCUT2D eigenvalue weighted by atomic mass is 32.2. The summed E-state index contributed by atoms with van der Waals surface area (Å²) in [6, 6.07) is 7.96. The van der Waals surface area contributed by atoms with Crippen LogP contribution in [0.5, 0.6) is 0 Å². The second-order valence-corrected chi connectivity index (χ2v) is 9.80. The Labute approximate surface area is 156 Å². The first-order valence-electron chi connectivity index (χ1n) is 8.85. The zero-order valence-electron chi connectivity index (χ0n) is 16.1. The number of benzene rings is 1. The molecule has 3 atom stereocenters. The molecule has 1 aromatic carbocycles. The highest BCUT2D eigenvalue weighted by Crippen LogP contribution is 2.46. The molecule has 26 heavy (non-hydrogen) atoms. The van der Waals surface area contributed by atoms with Gasteiger partial charge in [0.15, 0.2) is 0 Å². The van der Waals surface area contributed by atoms with Crippen molar-refractivity contribution >= 4 is 16.2 Å². The van der Waals surface area contributed by atoms with Crippen LogP contribution in [-0.2, 0) is 10.2 Å². The van der Waals surface area contributed by atoms with Gasteiger partial charge in [0.1, 0.15) is 0 Å². The van der Waals surface area contributed by atoms with Gasteiger partial charge < -0.3 is 9.80 Å². The summed E-state index contributed by atoms with van der Waals surface area (Å²) in [5, 5.41) is 0. The summed E-state index contributed by atoms with van der Waals surface area (Å²) in [4.78, 5) is 16.3. The molecule has 0 saturated carbocycles. The van der Waals surface area contributed by atoms with Crippen molar-refractivity contribution in [2.45, 2.75) is 13.0 Å². The van der Waals surface area contributed by atoms with E-state index in [0.29, 0.717) is 19.6 Å². The number of nitrogens with zero attached hydrogens (tertiary/aromatic N) is 4. The molecule has 1 aromatic rings. The summed E-state index contributed by atoms with van der Waals surface area (Å²) in [6.45, 7) is 3.54. The first kappa shape index (κ1) is 19.1. The van der Waals surface area contributed by atoms with Crippen LogP contribution in [-0.4, -0.2) is 80.7 Å². The van der Waals surface area contributed by atoms with E-state index in [1.165, 1.54) is 4.31 Å². The first-order chi connectivity index (χ1) is 12.1. The number of rotatable bonds is 3. The van der Waals surface area contributed by atoms with E-state index in [4.69, 9.17) is 0 Å². The van der Waals surface area contributed by atoms with Crippen LogP contribution < -0.4 is 0 Å². The second-order valence-electron chi connectivity index (χ2n) is 7.66. The van der Waals surface area contributed by atoms with Crippen molar-refractivity contribution in [2.24, 2.45) is 11.8 Å². The third-order valence-electron chi connectivity index (χ3n) is 5.55. The van der Waals surface area contributed by atoms with Gasteiger partial charge in [-0.05, 0) is 24.0 Å². The fourth-order valence-electron chi connectivity index (χ4n) is 4.19. The van der Waals surface area contributed by atoms with Gasteiger partial charge in [-0.2, -0.15) is 17.0 Å². The fraction of sp³-hybridized carbons (Fsp3) is 0.611. The molecule has 144 valence electrons. The van der Waals surface area contributed by atoms with Gasteiger partial charge in [-0.3, -0.25) is 0 Å². The zero-order valence-corrected chi connectivity index (χ0v) is 16.9. The molecule has 0 spiro atoms. The Bertz CT molecular complexity index is 793. The Morgan fingerprint density at radius 2 is 1.73 bits per heavy atom. The largest absolute Gasteiger partial charge is 0.331 e. The average Bonchev–Trinajstić information content (AvgIpc) is 3.12. The molecular formula is C18H28N4O3S. The lowest BCUT2D eigenvalue weighted by atomic mass is 9.88. The van der Waals surface area contributed by atoms with Gasteiger partial charge in [0.05, 0.1) is 6.04 Å². The summed E-state index contributed by atoms with van der Waals surface area (Å²) in [6.07, 6.45) is 0. The molecule has 0 unspecified atom stereocenters. The minimum absolute atomic E-state index is 0.0188. The lowest BCUT2D eigenvalue weighted by Crippen LogP contribution is -2.44. The number of hydrogen-bond acceptors (Lipinski definition) is 3. The quantitative estimate of drug-likeness (QED) is 0.796. The number of aryl methyl sites for hydroxylation is 1. The molecule has 7 nitrogen and oxygen atoms in total. The van der Waals surface area contributed by atoms with Crippen LogP contribution in [0.1, 0.15) is 17.2 Å². The third-order valence-corrected chi connectivity index (χ3v) is 7.43. The number of amides is 2. The SMILES string of the molecule is Cc1ccccc1[C@H]1[C@@H]2CN(S(=O)(=O)N(C)C)C[C@@H]2CN1C(=O)N(C)C. The topological polar surface area (TPSA) is 64.2 Å². The van der Waals surface area contributed by atoms with E-state index in [1.807, 2.05) is 30.0 Å². The molecule has 8 heteroatoms. The summed E-state index contributed by atoms with van der Waals surface area (Å²) in [7, 11) is 3.20. The van der Waals surface area contributed by atoms with Crippen molar-refractivity contribution in [3.63, 3.8) is 0 Å². The second kappa shape index (κ2) is 6.83. The number of fused-ring (bicyclic) bond motifs is 1. The maximum atomic E-state index is 12.8. The van der Waals surface area contributed by atoms with Gasteiger partial charge in [0.25, 0.3) is 10.2 Å². The molecule has 3 rings (SSSR count). The predicted molar refractivity (Wildman–Crippen MR) is 101 cm³/mol. The first-order valence-corrected chi connectivity index (χ1v) is 10.2. The normalized spacial score (nSPS) is 26.4. The minimum atomic E-state index is -3.44. The Morgan fingerprint density at radius 1 is 1.08 bits per heavy atom. The van der Waals surface area contributed by atoms with Crippen molar-refractivity contribution in [3.8, 4) is 0 Å². The fourth-order valence-corrected chi connectivity index (χ4v) is 5.40. The molecule has 0 aromatic heterocycles. The van der Waals surface area contributed by atoms with Crippen molar-refractivity contribution in [3.05, 3.63) is 35.4 Å². The van der Waals surface area contributed by atoms with E-state index >= 15 is 0 Å². The molecule has 2 fully saturated rings. The van der Waals surface area contributed by atoms with Crippen molar-refractivity contribution in [1.82, 2.24) is 18.4 Å². The van der Waals surface area contributed by atoms with E-state index < -0.39 is 10.2 Å². The van der Waals surface area contributed by atoms with Crippen LogP contribution in [0.2, 0.25) is 0 Å². The van der Waals surface area contributed by atoms with Gasteiger partial charge in [0.2, 0.25) is 0 Å². The predicted octanol–water partition coefficient (Wildman–Crippen LogP) is 1.39. The van der Waals surface area contributed by atoms with E-state index in [9.17, 15) is 13.2 Å². The molecule has 0 radical (unpaired) electrons. The number of carbonyl (C=O) groups is 1. The van der Waals surface area contributed by atoms with Crippen LogP contribution >= 0.6 is 0 Å². The van der Waals surface area contributed by atoms with Crippen LogP contribution in [0, 0.1) is 18.8 Å². The summed E-state index contributed by atoms with van der Waals surface area (Å²) < 4.78 is 27.9. The van der Waals surface area contributed by atoms with Crippen molar-refractivity contribution in [2.75, 3.05) is 47.8 Å². The molecular weight excluding hydrogens is 352 g/mol. The Balaban J connectivity index is 1.97. The zero-order chi connectivity index (χ0) is 19.2. The van der Waals surface area contributed by atoms with Crippen LogP contribution in [0.15, 0.2) is 24.3 Å². The van der Waals surface area contributed by atoms with Crippen LogP contribution in [0.3, 0.4) is 0 Å². The molecule has 0 bridgehead atoms. The average molecular weight is 381 g/mol. The summed E-state index contributed by atoms with van der Waals surface area (Å²) in [5.74, 6) is 0.257. The van der Waals surface area contributed by atoms with Crippen molar-refractivity contribution < 1.29 is 13.2 Å². The Kier molecular flexibility index (Phi) is 5.02. The van der Waals surface area contributed by atoms with Crippen LogP contribution in [0.25, 0.3) is 0 Å². The van der Waals surface area contributed by atoms with Crippen molar-refractivity contribution in [1.29, 1.82) is 0 Å². The van der Waals surface area contributed by atoms with E-state index in [-0.39, 0.29) is 23.9 Å².